The van der Waals surface area contributed by atoms with E-state index >= 15 is 0 Å². The van der Waals surface area contributed by atoms with E-state index in [1.54, 1.807) is 12.1 Å². The summed E-state index contributed by atoms with van der Waals surface area (Å²) in [5.41, 5.74) is 3.30. The van der Waals surface area contributed by atoms with Gasteiger partial charge < -0.3 is 15.1 Å². The summed E-state index contributed by atoms with van der Waals surface area (Å²) >= 11 is 5.96. The van der Waals surface area contributed by atoms with E-state index in [1.807, 2.05) is 17.0 Å². The van der Waals surface area contributed by atoms with Gasteiger partial charge in [0.25, 0.3) is 0 Å². The average Bonchev–Trinajstić information content (AvgIpc) is 2.62. The molecule has 0 spiro atoms. The molecule has 132 valence electrons. The zero-order chi connectivity index (χ0) is 17.8. The van der Waals surface area contributed by atoms with Crippen molar-refractivity contribution in [2.75, 3.05) is 36.4 Å². The van der Waals surface area contributed by atoms with Gasteiger partial charge in [-0.3, -0.25) is 0 Å². The molecule has 0 saturated carbocycles. The second-order valence-electron chi connectivity index (χ2n) is 6.66. The van der Waals surface area contributed by atoms with Crippen LogP contribution >= 0.6 is 11.6 Å². The van der Waals surface area contributed by atoms with E-state index in [0.29, 0.717) is 24.0 Å². The average molecular weight is 358 g/mol. The van der Waals surface area contributed by atoms with Crippen LogP contribution in [0.1, 0.15) is 25.3 Å². The maximum absolute atomic E-state index is 12.4. The summed E-state index contributed by atoms with van der Waals surface area (Å²) in [5, 5.41) is 3.53. The van der Waals surface area contributed by atoms with Crippen molar-refractivity contribution in [3.05, 3.63) is 59.1 Å². The molecule has 0 atom stereocenters. The van der Waals surface area contributed by atoms with E-state index in [4.69, 9.17) is 11.6 Å². The number of nitrogens with zero attached hydrogens (tertiary/aromatic N) is 2. The summed E-state index contributed by atoms with van der Waals surface area (Å²) in [4.78, 5) is 16.6. The Hall–Kier alpha value is -2.20. The number of carbonyl (C=O) groups excluding carboxylic acids is 1. The number of benzene rings is 2. The standard InChI is InChI=1S/C20H24ClN3O/c1-15(2)16-6-8-19(9-7-16)23-10-12-24(13-11-23)20(25)22-18-5-3-4-17(21)14-18/h3-9,14-15H,10-13H2,1-2H3,(H,22,25). The first kappa shape index (κ1) is 17.6. The Bertz CT molecular complexity index is 722. The molecule has 4 nitrogen and oxygen atoms in total. The van der Waals surface area contributed by atoms with Gasteiger partial charge in [-0.25, -0.2) is 4.79 Å². The lowest BCUT2D eigenvalue weighted by atomic mass is 10.0. The first-order valence-electron chi connectivity index (χ1n) is 8.69. The quantitative estimate of drug-likeness (QED) is 0.854. The summed E-state index contributed by atoms with van der Waals surface area (Å²) in [6.07, 6.45) is 0. The summed E-state index contributed by atoms with van der Waals surface area (Å²) in [6.45, 7) is 7.49. The van der Waals surface area contributed by atoms with Gasteiger partial charge in [-0.15, -0.1) is 0 Å². The first-order chi connectivity index (χ1) is 12.0. The number of urea groups is 1. The Labute approximate surface area is 154 Å². The number of hydrogen-bond acceptors (Lipinski definition) is 2. The van der Waals surface area contributed by atoms with Gasteiger partial charge >= 0.3 is 6.03 Å². The number of carbonyl (C=O) groups is 1. The van der Waals surface area contributed by atoms with Crippen LogP contribution in [0.5, 0.6) is 0 Å². The molecule has 5 heteroatoms. The van der Waals surface area contributed by atoms with Crippen molar-refractivity contribution < 1.29 is 4.79 Å². The van der Waals surface area contributed by atoms with Crippen LogP contribution < -0.4 is 10.2 Å². The maximum atomic E-state index is 12.4. The van der Waals surface area contributed by atoms with Crippen LogP contribution in [0.4, 0.5) is 16.2 Å². The lowest BCUT2D eigenvalue weighted by Gasteiger charge is -2.36. The maximum Gasteiger partial charge on any atom is 0.321 e. The largest absolute Gasteiger partial charge is 0.368 e. The van der Waals surface area contributed by atoms with Crippen LogP contribution in [0.25, 0.3) is 0 Å². The Morgan fingerprint density at radius 3 is 2.32 bits per heavy atom. The SMILES string of the molecule is CC(C)c1ccc(N2CCN(C(=O)Nc3cccc(Cl)c3)CC2)cc1. The second-order valence-corrected chi connectivity index (χ2v) is 7.10. The third kappa shape index (κ3) is 4.45. The summed E-state index contributed by atoms with van der Waals surface area (Å²) in [7, 11) is 0. The van der Waals surface area contributed by atoms with Crippen molar-refractivity contribution in [2.45, 2.75) is 19.8 Å². The number of anilines is 2. The molecule has 0 aliphatic carbocycles. The lowest BCUT2D eigenvalue weighted by Crippen LogP contribution is -2.50. The van der Waals surface area contributed by atoms with Crippen molar-refractivity contribution in [2.24, 2.45) is 0 Å². The Morgan fingerprint density at radius 2 is 1.72 bits per heavy atom. The molecule has 1 aliphatic heterocycles. The highest BCUT2D eigenvalue weighted by atomic mass is 35.5. The number of amides is 2. The van der Waals surface area contributed by atoms with E-state index in [9.17, 15) is 4.79 Å². The summed E-state index contributed by atoms with van der Waals surface area (Å²) < 4.78 is 0. The topological polar surface area (TPSA) is 35.6 Å². The number of halogens is 1. The van der Waals surface area contributed by atoms with E-state index in [2.05, 4.69) is 48.3 Å². The molecular formula is C20H24ClN3O. The fraction of sp³-hybridized carbons (Fsp3) is 0.350. The van der Waals surface area contributed by atoms with E-state index in [1.165, 1.54) is 11.3 Å². The zero-order valence-electron chi connectivity index (χ0n) is 14.7. The monoisotopic (exact) mass is 357 g/mol. The van der Waals surface area contributed by atoms with Gasteiger partial charge in [0.05, 0.1) is 0 Å². The highest BCUT2D eigenvalue weighted by molar-refractivity contribution is 6.30. The minimum absolute atomic E-state index is 0.0722. The molecule has 0 unspecified atom stereocenters. The molecule has 3 rings (SSSR count). The smallest absolute Gasteiger partial charge is 0.321 e. The molecule has 2 aromatic carbocycles. The van der Waals surface area contributed by atoms with Crippen LogP contribution in [-0.4, -0.2) is 37.1 Å². The molecule has 2 aromatic rings. The fourth-order valence-electron chi connectivity index (χ4n) is 3.01. The Morgan fingerprint density at radius 1 is 1.04 bits per heavy atom. The first-order valence-corrected chi connectivity index (χ1v) is 9.07. The highest BCUT2D eigenvalue weighted by Gasteiger charge is 2.21. The predicted molar refractivity (Wildman–Crippen MR) is 105 cm³/mol. The molecule has 0 bridgehead atoms. The number of piperazine rings is 1. The van der Waals surface area contributed by atoms with Gasteiger partial charge in [-0.2, -0.15) is 0 Å². The van der Waals surface area contributed by atoms with Crippen molar-refractivity contribution in [1.82, 2.24) is 4.90 Å². The minimum atomic E-state index is -0.0722. The zero-order valence-corrected chi connectivity index (χ0v) is 15.5. The predicted octanol–water partition coefficient (Wildman–Crippen LogP) is 4.82. The Balaban J connectivity index is 1.55. The minimum Gasteiger partial charge on any atom is -0.368 e. The van der Waals surface area contributed by atoms with Crippen LogP contribution in [0.3, 0.4) is 0 Å². The summed E-state index contributed by atoms with van der Waals surface area (Å²) in [6, 6.07) is 15.9. The molecule has 1 N–H and O–H groups in total. The van der Waals surface area contributed by atoms with Crippen LogP contribution in [-0.2, 0) is 0 Å². The number of hydrogen-bond donors (Lipinski definition) is 1. The normalized spacial score (nSPS) is 14.7. The number of nitrogens with one attached hydrogen (secondary N) is 1. The van der Waals surface area contributed by atoms with E-state index in [0.717, 1.165) is 18.8 Å². The number of rotatable bonds is 3. The summed E-state index contributed by atoms with van der Waals surface area (Å²) in [5.74, 6) is 0.543. The van der Waals surface area contributed by atoms with E-state index < -0.39 is 0 Å². The third-order valence-electron chi connectivity index (χ3n) is 4.57. The van der Waals surface area contributed by atoms with Gasteiger partial charge in [0, 0.05) is 42.6 Å². The fourth-order valence-corrected chi connectivity index (χ4v) is 3.20. The molecule has 0 radical (unpaired) electrons. The van der Waals surface area contributed by atoms with E-state index in [-0.39, 0.29) is 6.03 Å². The highest BCUT2D eigenvalue weighted by Crippen LogP contribution is 2.21. The van der Waals surface area contributed by atoms with Crippen LogP contribution in [0, 0.1) is 0 Å². The molecule has 1 aliphatic rings. The van der Waals surface area contributed by atoms with Crippen molar-refractivity contribution in [3.8, 4) is 0 Å². The molecule has 1 fully saturated rings. The third-order valence-corrected chi connectivity index (χ3v) is 4.80. The van der Waals surface area contributed by atoms with Crippen molar-refractivity contribution >= 4 is 29.0 Å². The molecule has 0 aromatic heterocycles. The second kappa shape index (κ2) is 7.79. The van der Waals surface area contributed by atoms with Gasteiger partial charge in [0.2, 0.25) is 0 Å². The van der Waals surface area contributed by atoms with Crippen molar-refractivity contribution in [1.29, 1.82) is 0 Å². The molecule has 2 amide bonds. The molecule has 25 heavy (non-hydrogen) atoms. The molecule has 1 heterocycles. The lowest BCUT2D eigenvalue weighted by molar-refractivity contribution is 0.208. The van der Waals surface area contributed by atoms with Gasteiger partial charge in [-0.1, -0.05) is 43.6 Å². The van der Waals surface area contributed by atoms with Gasteiger partial charge in [0.1, 0.15) is 0 Å². The molecule has 1 saturated heterocycles. The molecular weight excluding hydrogens is 334 g/mol. The van der Waals surface area contributed by atoms with Crippen LogP contribution in [0.2, 0.25) is 5.02 Å². The van der Waals surface area contributed by atoms with Crippen LogP contribution in [0.15, 0.2) is 48.5 Å². The van der Waals surface area contributed by atoms with Gasteiger partial charge in [-0.05, 0) is 41.8 Å². The van der Waals surface area contributed by atoms with Gasteiger partial charge in [0.15, 0.2) is 0 Å². The Kier molecular flexibility index (Phi) is 5.49. The van der Waals surface area contributed by atoms with Crippen molar-refractivity contribution in [3.63, 3.8) is 0 Å².